The highest BCUT2D eigenvalue weighted by molar-refractivity contribution is 5.90. The Morgan fingerprint density at radius 3 is 1.93 bits per heavy atom. The zero-order valence-electron chi connectivity index (χ0n) is 17.4. The number of rotatable bonds is 6. The van der Waals surface area contributed by atoms with Gasteiger partial charge in [-0.25, -0.2) is 0 Å². The van der Waals surface area contributed by atoms with Gasteiger partial charge in [-0.1, -0.05) is 61.0 Å². The van der Waals surface area contributed by atoms with Gasteiger partial charge in [0.2, 0.25) is 0 Å². The minimum atomic E-state index is 0.888. The van der Waals surface area contributed by atoms with E-state index in [9.17, 15) is 0 Å². The van der Waals surface area contributed by atoms with E-state index < -0.39 is 0 Å². The minimum Gasteiger partial charge on any atom is -0.496 e. The summed E-state index contributed by atoms with van der Waals surface area (Å²) in [5.41, 5.74) is 5.99. The zero-order chi connectivity index (χ0) is 20.1. The summed E-state index contributed by atoms with van der Waals surface area (Å²) in [4.78, 5) is 2.57. The topological polar surface area (TPSA) is 21.7 Å². The molecule has 0 saturated carbocycles. The Morgan fingerprint density at radius 2 is 1.24 bits per heavy atom. The van der Waals surface area contributed by atoms with Gasteiger partial charge >= 0.3 is 0 Å². The number of benzene rings is 3. The van der Waals surface area contributed by atoms with E-state index >= 15 is 0 Å². The number of piperidine rings is 1. The van der Waals surface area contributed by atoms with Crippen molar-refractivity contribution in [2.24, 2.45) is 0 Å². The molecule has 3 heteroatoms. The molecule has 1 saturated heterocycles. The second kappa shape index (κ2) is 9.15. The van der Waals surface area contributed by atoms with Crippen LogP contribution in [0.3, 0.4) is 0 Å². The fraction of sp³-hybridized carbons (Fsp3) is 0.308. The van der Waals surface area contributed by atoms with Crippen molar-refractivity contribution >= 4 is 0 Å². The Hall–Kier alpha value is -2.78. The first-order valence-corrected chi connectivity index (χ1v) is 10.4. The van der Waals surface area contributed by atoms with Crippen molar-refractivity contribution in [3.8, 4) is 33.8 Å². The molecule has 1 heterocycles. The lowest BCUT2D eigenvalue weighted by Crippen LogP contribution is -2.29. The molecule has 29 heavy (non-hydrogen) atoms. The SMILES string of the molecule is COc1ccccc1-c1cccc(CN2CCCCC2)c1-c1ccccc1OC. The summed E-state index contributed by atoms with van der Waals surface area (Å²) in [5, 5.41) is 0. The van der Waals surface area contributed by atoms with Crippen LogP contribution in [0.1, 0.15) is 24.8 Å². The van der Waals surface area contributed by atoms with Gasteiger partial charge in [0.1, 0.15) is 11.5 Å². The quantitative estimate of drug-likeness (QED) is 0.516. The van der Waals surface area contributed by atoms with Crippen LogP contribution in [0.15, 0.2) is 66.7 Å². The molecule has 3 aromatic rings. The first-order chi connectivity index (χ1) is 14.3. The van der Waals surface area contributed by atoms with E-state index in [0.29, 0.717) is 0 Å². The van der Waals surface area contributed by atoms with Crippen LogP contribution in [0.2, 0.25) is 0 Å². The van der Waals surface area contributed by atoms with Crippen molar-refractivity contribution in [2.75, 3.05) is 27.3 Å². The number of ether oxygens (including phenoxy) is 2. The lowest BCUT2D eigenvalue weighted by atomic mass is 9.89. The highest BCUT2D eigenvalue weighted by Crippen LogP contribution is 2.42. The van der Waals surface area contributed by atoms with E-state index in [0.717, 1.165) is 29.2 Å². The molecule has 3 aromatic carbocycles. The van der Waals surface area contributed by atoms with E-state index in [4.69, 9.17) is 9.47 Å². The monoisotopic (exact) mass is 387 g/mol. The molecule has 3 nitrogen and oxygen atoms in total. The Balaban J connectivity index is 1.90. The lowest BCUT2D eigenvalue weighted by Gasteiger charge is -2.28. The molecule has 150 valence electrons. The second-order valence-corrected chi connectivity index (χ2v) is 7.58. The summed E-state index contributed by atoms with van der Waals surface area (Å²) in [7, 11) is 3.48. The van der Waals surface area contributed by atoms with Crippen molar-refractivity contribution in [1.82, 2.24) is 4.90 Å². The Morgan fingerprint density at radius 1 is 0.655 bits per heavy atom. The number of hydrogen-bond donors (Lipinski definition) is 0. The van der Waals surface area contributed by atoms with Crippen LogP contribution in [-0.2, 0) is 6.54 Å². The molecule has 1 fully saturated rings. The predicted molar refractivity (Wildman–Crippen MR) is 120 cm³/mol. The van der Waals surface area contributed by atoms with E-state index in [1.165, 1.54) is 49.0 Å². The van der Waals surface area contributed by atoms with Crippen molar-refractivity contribution in [3.63, 3.8) is 0 Å². The second-order valence-electron chi connectivity index (χ2n) is 7.58. The standard InChI is InChI=1S/C26H29NO2/c1-28-24-15-6-4-12-21(24)22-14-10-11-20(19-27-17-8-3-9-18-27)26(22)23-13-5-7-16-25(23)29-2/h4-7,10-16H,3,8-9,17-19H2,1-2H3. The van der Waals surface area contributed by atoms with Gasteiger partial charge < -0.3 is 9.47 Å². The lowest BCUT2D eigenvalue weighted by molar-refractivity contribution is 0.221. The number of para-hydroxylation sites is 2. The van der Waals surface area contributed by atoms with Gasteiger partial charge in [-0.3, -0.25) is 4.90 Å². The fourth-order valence-electron chi connectivity index (χ4n) is 4.35. The maximum atomic E-state index is 5.75. The van der Waals surface area contributed by atoms with E-state index in [1.807, 2.05) is 24.3 Å². The first kappa shape index (κ1) is 19.5. The molecule has 0 unspecified atom stereocenters. The molecule has 0 aliphatic carbocycles. The zero-order valence-corrected chi connectivity index (χ0v) is 17.4. The summed E-state index contributed by atoms with van der Waals surface area (Å²) in [6.07, 6.45) is 3.92. The molecule has 0 spiro atoms. The van der Waals surface area contributed by atoms with Crippen molar-refractivity contribution in [1.29, 1.82) is 0 Å². The summed E-state index contributed by atoms with van der Waals surface area (Å²) < 4.78 is 11.4. The summed E-state index contributed by atoms with van der Waals surface area (Å²) in [5.74, 6) is 1.79. The smallest absolute Gasteiger partial charge is 0.126 e. The van der Waals surface area contributed by atoms with E-state index in [-0.39, 0.29) is 0 Å². The summed E-state index contributed by atoms with van der Waals surface area (Å²) in [6.45, 7) is 3.30. The fourth-order valence-corrected chi connectivity index (χ4v) is 4.35. The number of likely N-dealkylation sites (tertiary alicyclic amines) is 1. The van der Waals surface area contributed by atoms with Crippen LogP contribution in [0.4, 0.5) is 0 Å². The van der Waals surface area contributed by atoms with Crippen LogP contribution in [0, 0.1) is 0 Å². The van der Waals surface area contributed by atoms with Crippen LogP contribution >= 0.6 is 0 Å². The third-order valence-corrected chi connectivity index (χ3v) is 5.77. The van der Waals surface area contributed by atoms with Crippen LogP contribution in [0.25, 0.3) is 22.3 Å². The normalized spacial score (nSPS) is 14.6. The molecule has 0 aromatic heterocycles. The largest absolute Gasteiger partial charge is 0.496 e. The summed E-state index contributed by atoms with van der Waals surface area (Å²) in [6, 6.07) is 23.2. The predicted octanol–water partition coefficient (Wildman–Crippen LogP) is 6.02. The molecular weight excluding hydrogens is 358 g/mol. The molecule has 0 amide bonds. The Kier molecular flexibility index (Phi) is 6.16. The van der Waals surface area contributed by atoms with E-state index in [1.54, 1.807) is 14.2 Å². The molecule has 0 bridgehead atoms. The molecule has 4 rings (SSSR count). The maximum Gasteiger partial charge on any atom is 0.126 e. The van der Waals surface area contributed by atoms with Crippen molar-refractivity contribution in [3.05, 3.63) is 72.3 Å². The highest BCUT2D eigenvalue weighted by atomic mass is 16.5. The van der Waals surface area contributed by atoms with Gasteiger partial charge in [0.15, 0.2) is 0 Å². The molecule has 0 atom stereocenters. The average Bonchev–Trinajstić information content (AvgIpc) is 2.79. The first-order valence-electron chi connectivity index (χ1n) is 10.4. The van der Waals surface area contributed by atoms with Crippen molar-refractivity contribution < 1.29 is 9.47 Å². The van der Waals surface area contributed by atoms with Crippen LogP contribution in [-0.4, -0.2) is 32.2 Å². The highest BCUT2D eigenvalue weighted by Gasteiger charge is 2.20. The van der Waals surface area contributed by atoms with Crippen molar-refractivity contribution in [2.45, 2.75) is 25.8 Å². The summed E-state index contributed by atoms with van der Waals surface area (Å²) >= 11 is 0. The Labute approximate surface area is 173 Å². The third-order valence-electron chi connectivity index (χ3n) is 5.77. The maximum absolute atomic E-state index is 5.75. The van der Waals surface area contributed by atoms with Gasteiger partial charge in [0.05, 0.1) is 14.2 Å². The molecule has 1 aliphatic heterocycles. The van der Waals surface area contributed by atoms with E-state index in [2.05, 4.69) is 47.4 Å². The van der Waals surface area contributed by atoms with Crippen LogP contribution in [0.5, 0.6) is 11.5 Å². The number of hydrogen-bond acceptors (Lipinski definition) is 3. The Bertz CT molecular complexity index is 960. The van der Waals surface area contributed by atoms with Crippen LogP contribution < -0.4 is 9.47 Å². The van der Waals surface area contributed by atoms with Gasteiger partial charge in [-0.15, -0.1) is 0 Å². The minimum absolute atomic E-state index is 0.888. The molecular formula is C26H29NO2. The van der Waals surface area contributed by atoms with Gasteiger partial charge in [0.25, 0.3) is 0 Å². The third kappa shape index (κ3) is 4.15. The molecule has 0 N–H and O–H groups in total. The average molecular weight is 388 g/mol. The number of nitrogens with zero attached hydrogens (tertiary/aromatic N) is 1. The van der Waals surface area contributed by atoms with Gasteiger partial charge in [-0.05, 0) is 54.8 Å². The molecule has 1 aliphatic rings. The number of methoxy groups -OCH3 is 2. The molecule has 0 radical (unpaired) electrons. The van der Waals surface area contributed by atoms with Gasteiger partial charge in [-0.2, -0.15) is 0 Å². The van der Waals surface area contributed by atoms with Gasteiger partial charge in [0, 0.05) is 17.7 Å².